The normalized spacial score (nSPS) is 12.5. The van der Waals surface area contributed by atoms with Crippen LogP contribution in [0.15, 0.2) is 0 Å². The average molecular weight is 239 g/mol. The summed E-state index contributed by atoms with van der Waals surface area (Å²) in [7, 11) is 0. The Morgan fingerprint density at radius 1 is 1.36 bits per heavy atom. The molecule has 0 aromatic heterocycles. The van der Waals surface area contributed by atoms with E-state index < -0.39 is 0 Å². The minimum absolute atomic E-state index is 0.458. The van der Waals surface area contributed by atoms with Crippen molar-refractivity contribution in [2.75, 3.05) is 16.8 Å². The fraction of sp³-hybridized carbons (Fsp3) is 1.00. The summed E-state index contributed by atoms with van der Waals surface area (Å²) in [6, 6.07) is 0. The Hall–Kier alpha value is 0.830. The van der Waals surface area contributed by atoms with Crippen LogP contribution < -0.4 is 0 Å². The van der Waals surface area contributed by atoms with Crippen LogP contribution in [0, 0.1) is 11.3 Å². The quantitative estimate of drug-likeness (QED) is 0.657. The molecule has 0 N–H and O–H groups in total. The van der Waals surface area contributed by atoms with Crippen LogP contribution in [0.3, 0.4) is 0 Å². The van der Waals surface area contributed by atoms with Crippen LogP contribution in [0.2, 0.25) is 0 Å². The Bertz CT molecular complexity index is 99.7. The van der Waals surface area contributed by atoms with E-state index >= 15 is 0 Å². The number of alkyl halides is 1. The lowest BCUT2D eigenvalue weighted by molar-refractivity contribution is 0.495. The maximum atomic E-state index is 3.52. The number of rotatable bonds is 5. The smallest absolute Gasteiger partial charge is 0.00905 e. The van der Waals surface area contributed by atoms with Gasteiger partial charge in [0.25, 0.3) is 0 Å². The van der Waals surface area contributed by atoms with Crippen LogP contribution >= 0.6 is 27.7 Å². The molecule has 11 heavy (non-hydrogen) atoms. The van der Waals surface area contributed by atoms with E-state index in [2.05, 4.69) is 55.4 Å². The SMILES string of the molecule is CC(C)CSCC(C)(C)CBr. The lowest BCUT2D eigenvalue weighted by Crippen LogP contribution is -2.16. The van der Waals surface area contributed by atoms with E-state index in [1.807, 2.05) is 0 Å². The second-order valence-electron chi connectivity index (χ2n) is 4.21. The van der Waals surface area contributed by atoms with Crippen molar-refractivity contribution in [3.63, 3.8) is 0 Å². The summed E-state index contributed by atoms with van der Waals surface area (Å²) in [6.07, 6.45) is 0. The van der Waals surface area contributed by atoms with Gasteiger partial charge >= 0.3 is 0 Å². The highest BCUT2D eigenvalue weighted by atomic mass is 79.9. The van der Waals surface area contributed by atoms with Crippen LogP contribution in [-0.2, 0) is 0 Å². The second kappa shape index (κ2) is 5.47. The molecule has 0 radical (unpaired) electrons. The molecule has 0 atom stereocenters. The summed E-state index contributed by atoms with van der Waals surface area (Å²) in [5.41, 5.74) is 0.458. The van der Waals surface area contributed by atoms with E-state index in [0.29, 0.717) is 5.41 Å². The molecule has 0 bridgehead atoms. The Kier molecular flexibility index (Phi) is 5.88. The number of halogens is 1. The molecule has 68 valence electrons. The largest absolute Gasteiger partial charge is 0.161 e. The van der Waals surface area contributed by atoms with E-state index in [4.69, 9.17) is 0 Å². The van der Waals surface area contributed by atoms with Crippen molar-refractivity contribution >= 4 is 27.7 Å². The fourth-order valence-electron chi connectivity index (χ4n) is 0.609. The topological polar surface area (TPSA) is 0 Å². The minimum atomic E-state index is 0.458. The van der Waals surface area contributed by atoms with Crippen LogP contribution in [0.25, 0.3) is 0 Å². The van der Waals surface area contributed by atoms with Crippen molar-refractivity contribution in [3.8, 4) is 0 Å². The van der Waals surface area contributed by atoms with E-state index in [1.165, 1.54) is 11.5 Å². The highest BCUT2D eigenvalue weighted by Gasteiger charge is 2.15. The average Bonchev–Trinajstić information content (AvgIpc) is 1.87. The van der Waals surface area contributed by atoms with Gasteiger partial charge in [-0.05, 0) is 22.8 Å². The van der Waals surface area contributed by atoms with E-state index in [9.17, 15) is 0 Å². The molecule has 0 nitrogen and oxygen atoms in total. The number of hydrogen-bond acceptors (Lipinski definition) is 1. The van der Waals surface area contributed by atoms with Crippen molar-refractivity contribution in [3.05, 3.63) is 0 Å². The van der Waals surface area contributed by atoms with Crippen LogP contribution in [0.1, 0.15) is 27.7 Å². The van der Waals surface area contributed by atoms with Crippen LogP contribution in [-0.4, -0.2) is 16.8 Å². The summed E-state index contributed by atoms with van der Waals surface area (Å²) >= 11 is 5.59. The van der Waals surface area contributed by atoms with Gasteiger partial charge in [-0.3, -0.25) is 0 Å². The molecule has 0 aliphatic rings. The highest BCUT2D eigenvalue weighted by molar-refractivity contribution is 9.09. The predicted molar refractivity (Wildman–Crippen MR) is 59.7 cm³/mol. The number of hydrogen-bond donors (Lipinski definition) is 0. The van der Waals surface area contributed by atoms with Gasteiger partial charge in [0.1, 0.15) is 0 Å². The molecule has 0 fully saturated rings. The van der Waals surface area contributed by atoms with Gasteiger partial charge in [0.2, 0.25) is 0 Å². The molecular weight excluding hydrogens is 220 g/mol. The third-order valence-corrected chi connectivity index (χ3v) is 4.71. The Morgan fingerprint density at radius 2 is 1.91 bits per heavy atom. The molecule has 0 aromatic rings. The standard InChI is InChI=1S/C9H19BrS/c1-8(2)5-11-7-9(3,4)6-10/h8H,5-7H2,1-4H3. The molecule has 0 amide bonds. The summed E-state index contributed by atoms with van der Waals surface area (Å²) in [6.45, 7) is 9.15. The summed E-state index contributed by atoms with van der Waals surface area (Å²) in [5.74, 6) is 3.37. The van der Waals surface area contributed by atoms with Crippen molar-refractivity contribution in [1.29, 1.82) is 0 Å². The molecule has 0 aliphatic carbocycles. The maximum Gasteiger partial charge on any atom is 0.00905 e. The molecule has 0 saturated carbocycles. The summed E-state index contributed by atoms with van der Waals surface area (Å²) in [5, 5.41) is 1.10. The molecular formula is C9H19BrS. The first kappa shape index (κ1) is 11.8. The number of thioether (sulfide) groups is 1. The van der Waals surface area contributed by atoms with Crippen LogP contribution in [0.4, 0.5) is 0 Å². The summed E-state index contributed by atoms with van der Waals surface area (Å²) in [4.78, 5) is 0. The Balaban J connectivity index is 3.38. The van der Waals surface area contributed by atoms with Crippen molar-refractivity contribution in [2.45, 2.75) is 27.7 Å². The van der Waals surface area contributed by atoms with Crippen molar-refractivity contribution < 1.29 is 0 Å². The Morgan fingerprint density at radius 3 is 2.27 bits per heavy atom. The van der Waals surface area contributed by atoms with Crippen LogP contribution in [0.5, 0.6) is 0 Å². The lowest BCUT2D eigenvalue weighted by Gasteiger charge is -2.21. The molecule has 0 heterocycles. The zero-order valence-electron chi connectivity index (χ0n) is 7.98. The minimum Gasteiger partial charge on any atom is -0.161 e. The molecule has 0 aliphatic heterocycles. The third-order valence-electron chi connectivity index (χ3n) is 1.31. The van der Waals surface area contributed by atoms with Gasteiger partial charge in [0.15, 0.2) is 0 Å². The molecule has 0 saturated heterocycles. The lowest BCUT2D eigenvalue weighted by atomic mass is 10.0. The van der Waals surface area contributed by atoms with E-state index in [0.717, 1.165) is 11.2 Å². The van der Waals surface area contributed by atoms with Crippen molar-refractivity contribution in [1.82, 2.24) is 0 Å². The van der Waals surface area contributed by atoms with Gasteiger partial charge in [-0.15, -0.1) is 0 Å². The monoisotopic (exact) mass is 238 g/mol. The van der Waals surface area contributed by atoms with Gasteiger partial charge in [-0.25, -0.2) is 0 Å². The molecule has 0 unspecified atom stereocenters. The first-order valence-electron chi connectivity index (χ1n) is 4.11. The fourth-order valence-corrected chi connectivity index (χ4v) is 2.31. The molecule has 2 heteroatoms. The first-order valence-corrected chi connectivity index (χ1v) is 6.39. The van der Waals surface area contributed by atoms with Crippen molar-refractivity contribution in [2.24, 2.45) is 11.3 Å². The molecule has 0 aromatic carbocycles. The molecule has 0 spiro atoms. The molecule has 0 rings (SSSR count). The van der Waals surface area contributed by atoms with Gasteiger partial charge in [-0.2, -0.15) is 11.8 Å². The second-order valence-corrected chi connectivity index (χ2v) is 5.80. The van der Waals surface area contributed by atoms with Gasteiger partial charge in [-0.1, -0.05) is 43.6 Å². The zero-order valence-corrected chi connectivity index (χ0v) is 10.4. The van der Waals surface area contributed by atoms with Gasteiger partial charge < -0.3 is 0 Å². The van der Waals surface area contributed by atoms with Gasteiger partial charge in [0, 0.05) is 5.33 Å². The maximum absolute atomic E-state index is 3.52. The third kappa shape index (κ3) is 7.20. The first-order chi connectivity index (χ1) is 4.98. The zero-order chi connectivity index (χ0) is 8.91. The Labute approximate surface area is 83.6 Å². The highest BCUT2D eigenvalue weighted by Crippen LogP contribution is 2.24. The van der Waals surface area contributed by atoms with Gasteiger partial charge in [0.05, 0.1) is 0 Å². The predicted octanol–water partition coefficient (Wildman–Crippen LogP) is 3.80. The van der Waals surface area contributed by atoms with E-state index in [1.54, 1.807) is 0 Å². The van der Waals surface area contributed by atoms with E-state index in [-0.39, 0.29) is 0 Å². The summed E-state index contributed by atoms with van der Waals surface area (Å²) < 4.78 is 0.